The predicted molar refractivity (Wildman–Crippen MR) is 250 cm³/mol. The van der Waals surface area contributed by atoms with Gasteiger partial charge in [-0.05, 0) is 71.8 Å². The smallest absolute Gasteiger partial charge is 0.135 e. The summed E-state index contributed by atoms with van der Waals surface area (Å²) in [5.74, 6) is 0. The van der Waals surface area contributed by atoms with Crippen LogP contribution in [0.25, 0.3) is 121 Å². The van der Waals surface area contributed by atoms with Gasteiger partial charge in [0, 0.05) is 54.2 Å². The third-order valence-electron chi connectivity index (χ3n) is 12.6. The molecule has 0 unspecified atom stereocenters. The van der Waals surface area contributed by atoms with E-state index in [1.807, 2.05) is 84.9 Å². The number of rotatable bonds is 4. The van der Waals surface area contributed by atoms with E-state index in [9.17, 15) is 10.5 Å². The van der Waals surface area contributed by atoms with Crippen molar-refractivity contribution in [3.05, 3.63) is 193 Å². The fourth-order valence-corrected chi connectivity index (χ4v) is 10.0. The summed E-state index contributed by atoms with van der Waals surface area (Å²) in [6.45, 7) is 0. The van der Waals surface area contributed by atoms with Crippen molar-refractivity contribution in [2.75, 3.05) is 0 Å². The Bertz CT molecular complexity index is 3880. The second-order valence-electron chi connectivity index (χ2n) is 15.8. The highest BCUT2D eigenvalue weighted by molar-refractivity contribution is 6.15. The van der Waals surface area contributed by atoms with Gasteiger partial charge in [-0.15, -0.1) is 0 Å². The number of hydrogen-bond acceptors (Lipinski definition) is 4. The molecular weight excluding hydrogens is 761 g/mol. The molecule has 0 radical (unpaired) electrons. The quantitative estimate of drug-likeness (QED) is 0.178. The van der Waals surface area contributed by atoms with Gasteiger partial charge < -0.3 is 18.0 Å². The Kier molecular flexibility index (Phi) is 7.05. The van der Waals surface area contributed by atoms with Crippen LogP contribution in [0.1, 0.15) is 11.1 Å². The van der Waals surface area contributed by atoms with Crippen LogP contribution in [-0.2, 0) is 0 Å². The molecule has 6 heteroatoms. The summed E-state index contributed by atoms with van der Waals surface area (Å²) in [6, 6.07) is 67.2. The number of aromatic nitrogens is 2. The Hall–Kier alpha value is -8.84. The first-order valence-electron chi connectivity index (χ1n) is 20.5. The topological polar surface area (TPSA) is 83.7 Å². The Morgan fingerprint density at radius 1 is 0.323 bits per heavy atom. The SMILES string of the molecule is N#Cc1c(-c2ccc3oc4ccccc4c3c2)c(-n2c3ccccc3c3ccccc32)c(-c2ccc3oc4ccccc4c3c2)c(C#N)c1-n1c2ccccc2c2ccccc21. The molecule has 4 heterocycles. The van der Waals surface area contributed by atoms with Crippen LogP contribution in [0.2, 0.25) is 0 Å². The van der Waals surface area contributed by atoms with Crippen LogP contribution in [0.4, 0.5) is 0 Å². The molecule has 13 aromatic rings. The minimum Gasteiger partial charge on any atom is -0.456 e. The van der Waals surface area contributed by atoms with Crippen LogP contribution in [0.15, 0.2) is 191 Å². The average Bonchev–Trinajstić information content (AvgIpc) is 4.08. The van der Waals surface area contributed by atoms with E-state index < -0.39 is 0 Å². The Labute approximate surface area is 353 Å². The molecule has 0 saturated carbocycles. The number of benzene rings is 9. The van der Waals surface area contributed by atoms with E-state index in [0.717, 1.165) is 104 Å². The number of nitrogens with zero attached hydrogens (tertiary/aromatic N) is 4. The first-order valence-corrected chi connectivity index (χ1v) is 20.5. The second-order valence-corrected chi connectivity index (χ2v) is 15.8. The molecule has 4 aromatic heterocycles. The molecule has 0 spiro atoms. The lowest BCUT2D eigenvalue weighted by Crippen LogP contribution is -2.11. The van der Waals surface area contributed by atoms with Crippen molar-refractivity contribution in [1.29, 1.82) is 10.5 Å². The molecule has 0 atom stereocenters. The van der Waals surface area contributed by atoms with Gasteiger partial charge in [-0.3, -0.25) is 0 Å². The number of para-hydroxylation sites is 6. The summed E-state index contributed by atoms with van der Waals surface area (Å²) in [5.41, 5.74) is 11.9. The number of fused-ring (bicyclic) bond motifs is 12. The van der Waals surface area contributed by atoms with Crippen molar-refractivity contribution in [2.45, 2.75) is 0 Å². The highest BCUT2D eigenvalue weighted by atomic mass is 16.3. The van der Waals surface area contributed by atoms with Crippen molar-refractivity contribution >= 4 is 87.5 Å². The van der Waals surface area contributed by atoms with E-state index in [4.69, 9.17) is 8.83 Å². The van der Waals surface area contributed by atoms with Crippen LogP contribution in [0.3, 0.4) is 0 Å². The molecule has 0 fully saturated rings. The maximum atomic E-state index is 11.9. The largest absolute Gasteiger partial charge is 0.456 e. The lowest BCUT2D eigenvalue weighted by atomic mass is 9.85. The Balaban J connectivity index is 1.31. The van der Waals surface area contributed by atoms with Gasteiger partial charge in [0.15, 0.2) is 0 Å². The van der Waals surface area contributed by atoms with Gasteiger partial charge in [-0.1, -0.05) is 121 Å². The molecule has 13 rings (SSSR count). The van der Waals surface area contributed by atoms with Crippen LogP contribution in [0.5, 0.6) is 0 Å². The molecule has 0 aliphatic rings. The maximum absolute atomic E-state index is 11.9. The van der Waals surface area contributed by atoms with Crippen LogP contribution in [0, 0.1) is 22.7 Å². The summed E-state index contributed by atoms with van der Waals surface area (Å²) >= 11 is 0. The number of furan rings is 2. The van der Waals surface area contributed by atoms with Crippen LogP contribution in [-0.4, -0.2) is 9.13 Å². The summed E-state index contributed by atoms with van der Waals surface area (Å²) in [6.07, 6.45) is 0. The first-order chi connectivity index (χ1) is 30.7. The van der Waals surface area contributed by atoms with E-state index in [-0.39, 0.29) is 0 Å². The van der Waals surface area contributed by atoms with Gasteiger partial charge in [0.1, 0.15) is 34.5 Å². The standard InChI is InChI=1S/C56H30N4O2/c57-31-43-53(33-25-27-51-41(29-33)39-17-5-11-23-49(39)61-51)56(60-47-21-9-3-15-37(47)38-16-4-10-22-48(38)60)54(34-26-28-52-42(30-34)40-18-6-12-24-50(40)62-52)44(32-58)55(43)59-45-19-7-1-13-35(45)36-14-2-8-20-46(36)59/h1-30H. The normalized spacial score (nSPS) is 11.8. The highest BCUT2D eigenvalue weighted by Crippen LogP contribution is 2.50. The molecule has 0 amide bonds. The highest BCUT2D eigenvalue weighted by Gasteiger charge is 2.32. The van der Waals surface area contributed by atoms with Gasteiger partial charge in [0.2, 0.25) is 0 Å². The number of hydrogen-bond donors (Lipinski definition) is 0. The fraction of sp³-hybridized carbons (Fsp3) is 0. The molecular formula is C56H30N4O2. The zero-order chi connectivity index (χ0) is 41.1. The Morgan fingerprint density at radius 2 is 0.645 bits per heavy atom. The van der Waals surface area contributed by atoms with E-state index >= 15 is 0 Å². The maximum Gasteiger partial charge on any atom is 0.135 e. The summed E-state index contributed by atoms with van der Waals surface area (Å²) in [5, 5.41) is 31.8. The monoisotopic (exact) mass is 790 g/mol. The van der Waals surface area contributed by atoms with Crippen molar-refractivity contribution < 1.29 is 8.83 Å². The summed E-state index contributed by atoms with van der Waals surface area (Å²) in [7, 11) is 0. The molecule has 286 valence electrons. The van der Waals surface area contributed by atoms with E-state index in [1.54, 1.807) is 0 Å². The van der Waals surface area contributed by atoms with E-state index in [2.05, 4.69) is 118 Å². The van der Waals surface area contributed by atoms with Gasteiger partial charge in [-0.25, -0.2) is 0 Å². The molecule has 0 saturated heterocycles. The summed E-state index contributed by atoms with van der Waals surface area (Å²) in [4.78, 5) is 0. The number of nitriles is 2. The molecule has 9 aromatic carbocycles. The lowest BCUT2D eigenvalue weighted by molar-refractivity contribution is 0.668. The van der Waals surface area contributed by atoms with Gasteiger partial charge in [0.25, 0.3) is 0 Å². The molecule has 6 nitrogen and oxygen atoms in total. The zero-order valence-corrected chi connectivity index (χ0v) is 32.9. The average molecular weight is 791 g/mol. The molecule has 0 N–H and O–H groups in total. The minimum atomic E-state index is 0.385. The van der Waals surface area contributed by atoms with Crippen molar-refractivity contribution in [1.82, 2.24) is 9.13 Å². The predicted octanol–water partition coefficient (Wildman–Crippen LogP) is 14.8. The third kappa shape index (κ3) is 4.61. The zero-order valence-electron chi connectivity index (χ0n) is 32.9. The molecule has 0 bridgehead atoms. The molecule has 0 aliphatic carbocycles. The third-order valence-corrected chi connectivity index (χ3v) is 12.6. The van der Waals surface area contributed by atoms with E-state index in [0.29, 0.717) is 27.9 Å². The van der Waals surface area contributed by atoms with Crippen molar-refractivity contribution in [2.24, 2.45) is 0 Å². The minimum absolute atomic E-state index is 0.385. The summed E-state index contributed by atoms with van der Waals surface area (Å²) < 4.78 is 17.1. The van der Waals surface area contributed by atoms with E-state index in [1.165, 1.54) is 0 Å². The van der Waals surface area contributed by atoms with Gasteiger partial charge in [-0.2, -0.15) is 10.5 Å². The lowest BCUT2D eigenvalue weighted by Gasteiger charge is -2.25. The first kappa shape index (κ1) is 34.1. The van der Waals surface area contributed by atoms with Crippen LogP contribution >= 0.6 is 0 Å². The van der Waals surface area contributed by atoms with Crippen molar-refractivity contribution in [3.8, 4) is 45.8 Å². The molecule has 0 aliphatic heterocycles. The Morgan fingerprint density at radius 3 is 1.03 bits per heavy atom. The van der Waals surface area contributed by atoms with Crippen LogP contribution < -0.4 is 0 Å². The second kappa shape index (κ2) is 12.8. The van der Waals surface area contributed by atoms with Gasteiger partial charge in [0.05, 0.1) is 44.6 Å². The molecule has 62 heavy (non-hydrogen) atoms. The fourth-order valence-electron chi connectivity index (χ4n) is 10.0. The van der Waals surface area contributed by atoms with Crippen molar-refractivity contribution in [3.63, 3.8) is 0 Å². The van der Waals surface area contributed by atoms with Gasteiger partial charge >= 0.3 is 0 Å².